The van der Waals surface area contributed by atoms with Gasteiger partial charge in [-0.05, 0) is 145 Å². The molecule has 1 heterocycles. The highest BCUT2D eigenvalue weighted by Gasteiger charge is 2.24. The molecule has 0 radical (unpaired) electrons. The third-order valence-electron chi connectivity index (χ3n) is 12.8. The molecule has 64 heavy (non-hydrogen) atoms. The van der Waals surface area contributed by atoms with Gasteiger partial charge in [-0.25, -0.2) is 0 Å². The Morgan fingerprint density at radius 2 is 0.672 bits per heavy atom. The van der Waals surface area contributed by atoms with Crippen LogP contribution in [0.1, 0.15) is 13.8 Å². The lowest BCUT2D eigenvalue weighted by atomic mass is 9.95. The fraction of sp³-hybridized carbons (Fsp3) is 0.103. The molecule has 1 aromatic heterocycles. The molecule has 0 N–H and O–H groups in total. The Bertz CT molecular complexity index is 3230. The number of nitrogens with zero attached hydrogens (tertiary/aromatic N) is 4. The molecule has 0 atom stereocenters. The second kappa shape index (κ2) is 16.1. The van der Waals surface area contributed by atoms with Crippen LogP contribution in [0, 0.1) is 0 Å². The molecule has 0 aliphatic carbocycles. The van der Waals surface area contributed by atoms with Crippen molar-refractivity contribution < 1.29 is 9.47 Å². The van der Waals surface area contributed by atoms with Gasteiger partial charge in [0.25, 0.3) is 0 Å². The molecule has 10 aromatic carbocycles. The number of benzene rings is 10. The fourth-order valence-electron chi connectivity index (χ4n) is 10.0. The summed E-state index contributed by atoms with van der Waals surface area (Å²) in [7, 11) is 3.51. The maximum absolute atomic E-state index is 5.98. The molecule has 6 heteroatoms. The van der Waals surface area contributed by atoms with Gasteiger partial charge in [0.1, 0.15) is 11.5 Å². The van der Waals surface area contributed by atoms with Gasteiger partial charge in [-0.3, -0.25) is 0 Å². The van der Waals surface area contributed by atoms with Crippen molar-refractivity contribution in [2.75, 3.05) is 24.0 Å². The van der Waals surface area contributed by atoms with E-state index in [9.17, 15) is 0 Å². The minimum absolute atomic E-state index is 0.703. The van der Waals surface area contributed by atoms with E-state index >= 15 is 0 Å². The molecular formula is C58H48N4O2. The molecule has 0 spiro atoms. The van der Waals surface area contributed by atoms with Crippen molar-refractivity contribution in [1.82, 2.24) is 9.13 Å². The van der Waals surface area contributed by atoms with Crippen molar-refractivity contribution in [2.45, 2.75) is 26.9 Å². The summed E-state index contributed by atoms with van der Waals surface area (Å²) in [4.78, 5) is 4.81. The van der Waals surface area contributed by atoms with Gasteiger partial charge in [-0.15, -0.1) is 0 Å². The molecule has 0 aliphatic rings. The molecule has 6 nitrogen and oxygen atoms in total. The summed E-state index contributed by atoms with van der Waals surface area (Å²) < 4.78 is 17.1. The van der Waals surface area contributed by atoms with Gasteiger partial charge in [-0.2, -0.15) is 0 Å². The van der Waals surface area contributed by atoms with Crippen LogP contribution in [0.5, 0.6) is 11.5 Å². The fourth-order valence-corrected chi connectivity index (χ4v) is 10.0. The van der Waals surface area contributed by atoms with Crippen LogP contribution in [0.25, 0.3) is 65.2 Å². The maximum Gasteiger partial charge on any atom is 0.119 e. The van der Waals surface area contributed by atoms with Crippen molar-refractivity contribution in [3.05, 3.63) is 194 Å². The first-order chi connectivity index (χ1) is 31.6. The molecule has 312 valence electrons. The van der Waals surface area contributed by atoms with E-state index in [1.807, 2.05) is 0 Å². The minimum Gasteiger partial charge on any atom is -0.497 e. The number of anilines is 6. The zero-order valence-corrected chi connectivity index (χ0v) is 36.5. The summed E-state index contributed by atoms with van der Waals surface area (Å²) in [5, 5.41) is 9.18. The molecule has 0 fully saturated rings. The molecule has 0 aliphatic heterocycles. The van der Waals surface area contributed by atoms with E-state index in [0.29, 0.717) is 13.1 Å². The van der Waals surface area contributed by atoms with E-state index in [0.717, 1.165) is 111 Å². The molecule has 11 aromatic rings. The average molecular weight is 833 g/mol. The summed E-state index contributed by atoms with van der Waals surface area (Å²) in [5.74, 6) is 1.64. The lowest BCUT2D eigenvalue weighted by Gasteiger charge is -2.30. The van der Waals surface area contributed by atoms with Gasteiger partial charge in [0.15, 0.2) is 0 Å². The van der Waals surface area contributed by atoms with E-state index in [4.69, 9.17) is 9.47 Å². The molecule has 4 bridgehead atoms. The highest BCUT2D eigenvalue weighted by atomic mass is 16.5. The van der Waals surface area contributed by atoms with Gasteiger partial charge in [0, 0.05) is 68.4 Å². The molecule has 0 saturated heterocycles. The molecule has 0 unspecified atom stereocenters. The van der Waals surface area contributed by atoms with Gasteiger partial charge in [0.2, 0.25) is 0 Å². The topological polar surface area (TPSA) is 34.8 Å². The Labute approximate surface area is 373 Å². The lowest BCUT2D eigenvalue weighted by molar-refractivity contribution is 0.415. The number of hydrogen-bond acceptors (Lipinski definition) is 4. The third kappa shape index (κ3) is 6.24. The lowest BCUT2D eigenvalue weighted by Crippen LogP contribution is -2.14. The van der Waals surface area contributed by atoms with Gasteiger partial charge >= 0.3 is 0 Å². The van der Waals surface area contributed by atoms with Crippen LogP contribution >= 0.6 is 0 Å². The summed E-state index contributed by atoms with van der Waals surface area (Å²) in [6.07, 6.45) is 0. The van der Waals surface area contributed by atoms with Crippen LogP contribution in [0.3, 0.4) is 0 Å². The van der Waals surface area contributed by atoms with Crippen molar-refractivity contribution in [3.8, 4) is 11.5 Å². The predicted molar refractivity (Wildman–Crippen MR) is 270 cm³/mol. The number of aryl methyl sites for hydroxylation is 2. The molecule has 0 saturated carbocycles. The van der Waals surface area contributed by atoms with Crippen LogP contribution in [0.4, 0.5) is 34.1 Å². The summed E-state index contributed by atoms with van der Waals surface area (Å²) in [6, 6.07) is 70.2. The predicted octanol–water partition coefficient (Wildman–Crippen LogP) is 15.8. The van der Waals surface area contributed by atoms with Crippen LogP contribution in [-0.4, -0.2) is 23.4 Å². The number of aromatic nitrogens is 2. The minimum atomic E-state index is 0.703. The van der Waals surface area contributed by atoms with Gasteiger partial charge < -0.3 is 28.4 Å². The van der Waals surface area contributed by atoms with E-state index < -0.39 is 0 Å². The number of rotatable bonds is 10. The van der Waals surface area contributed by atoms with Crippen LogP contribution in [0.15, 0.2) is 194 Å². The standard InChI is InChI=1S/C58H48N4O2/c1-5-59-55-37-52-46(49-35-43(63-3)27-29-47(49)55)32-34-54(62(41-23-15-9-16-24-41)42-25-17-10-18-26-42)58(52)60(6-2)56-38-51-45(50-36-44(64-4)28-30-48(50)56)31-33-53(57(51)59)61(39-19-11-7-12-20-39)40-21-13-8-14-22-40/h7-38H,5-6H2,1-4H3. The normalized spacial score (nSPS) is 11.6. The highest BCUT2D eigenvalue weighted by Crippen LogP contribution is 2.47. The van der Waals surface area contributed by atoms with Crippen LogP contribution in [0.2, 0.25) is 0 Å². The van der Waals surface area contributed by atoms with Gasteiger partial charge in [-0.1, -0.05) is 84.9 Å². The Morgan fingerprint density at radius 1 is 0.344 bits per heavy atom. The second-order valence-electron chi connectivity index (χ2n) is 16.2. The SMILES string of the molecule is CCn1c2cc3c(ccc(N(c4ccccc4)c4ccccc4)c3n(CC)c3cc4c(ccc(N(c5ccccc5)c5ccccc5)c41)c1cc(OC)ccc13)c1cc(OC)ccc12. The smallest absolute Gasteiger partial charge is 0.119 e. The van der Waals surface area contributed by atoms with Crippen molar-refractivity contribution >= 4 is 99.3 Å². The van der Waals surface area contributed by atoms with Crippen LogP contribution < -0.4 is 19.3 Å². The number of fused-ring (bicyclic) bond motifs is 8. The van der Waals surface area contributed by atoms with Crippen LogP contribution in [-0.2, 0) is 13.1 Å². The number of hydrogen-bond donors (Lipinski definition) is 0. The van der Waals surface area contributed by atoms with Gasteiger partial charge in [0.05, 0.1) is 36.6 Å². The summed E-state index contributed by atoms with van der Waals surface area (Å²) in [6.45, 7) is 5.95. The third-order valence-corrected chi connectivity index (χ3v) is 12.8. The quantitative estimate of drug-likeness (QED) is 0.129. The Balaban J connectivity index is 1.44. The van der Waals surface area contributed by atoms with Crippen molar-refractivity contribution in [2.24, 2.45) is 0 Å². The summed E-state index contributed by atoms with van der Waals surface area (Å²) in [5.41, 5.74) is 11.0. The summed E-state index contributed by atoms with van der Waals surface area (Å²) >= 11 is 0. The Kier molecular flexibility index (Phi) is 9.77. The molecular weight excluding hydrogens is 785 g/mol. The monoisotopic (exact) mass is 832 g/mol. The number of methoxy groups -OCH3 is 2. The number of ether oxygens (including phenoxy) is 2. The van der Waals surface area contributed by atoms with E-state index in [1.165, 1.54) is 0 Å². The van der Waals surface area contributed by atoms with Crippen molar-refractivity contribution in [3.63, 3.8) is 0 Å². The highest BCUT2D eigenvalue weighted by molar-refractivity contribution is 6.25. The van der Waals surface area contributed by atoms with Crippen molar-refractivity contribution in [1.29, 1.82) is 0 Å². The maximum atomic E-state index is 5.98. The second-order valence-corrected chi connectivity index (χ2v) is 16.2. The number of para-hydroxylation sites is 4. The largest absolute Gasteiger partial charge is 0.497 e. The first kappa shape index (κ1) is 38.9. The molecule has 0 amide bonds. The Morgan fingerprint density at radius 3 is 0.984 bits per heavy atom. The first-order valence-corrected chi connectivity index (χ1v) is 22.1. The van der Waals surface area contributed by atoms with E-state index in [2.05, 4.69) is 227 Å². The zero-order chi connectivity index (χ0) is 43.3. The molecule has 11 rings (SSSR count). The van der Waals surface area contributed by atoms with E-state index in [-0.39, 0.29) is 0 Å². The zero-order valence-electron chi connectivity index (χ0n) is 36.5. The van der Waals surface area contributed by atoms with E-state index in [1.54, 1.807) is 14.2 Å². The Hall–Kier alpha value is -7.96. The average Bonchev–Trinajstić information content (AvgIpc) is 3.36. The first-order valence-electron chi connectivity index (χ1n) is 22.1.